The smallest absolute Gasteiger partial charge is 0.305 e. The van der Waals surface area contributed by atoms with Gasteiger partial charge in [-0.15, -0.1) is 0 Å². The van der Waals surface area contributed by atoms with Crippen LogP contribution in [0.3, 0.4) is 0 Å². The summed E-state index contributed by atoms with van der Waals surface area (Å²) in [5, 5.41) is 29.0. The molecule has 6 nitrogen and oxygen atoms in total. The summed E-state index contributed by atoms with van der Waals surface area (Å²) in [4.78, 5) is 20.5. The van der Waals surface area contributed by atoms with Gasteiger partial charge in [0, 0.05) is 23.1 Å². The van der Waals surface area contributed by atoms with Gasteiger partial charge in [0.05, 0.1) is 11.3 Å². The van der Waals surface area contributed by atoms with E-state index in [1.165, 1.54) is 0 Å². The van der Waals surface area contributed by atoms with Gasteiger partial charge < -0.3 is 10.2 Å². The number of phenols is 1. The number of nitro groups is 1. The zero-order valence-electron chi connectivity index (χ0n) is 9.22. The molecule has 0 bridgehead atoms. The number of carboxylic acid groups (broad SMARTS) is 1. The monoisotopic (exact) mass is 255 g/mol. The number of rotatable bonds is 4. The van der Waals surface area contributed by atoms with Crippen molar-refractivity contribution in [3.05, 3.63) is 33.6 Å². The van der Waals surface area contributed by atoms with Gasteiger partial charge in [0.2, 0.25) is 5.82 Å². The van der Waals surface area contributed by atoms with Gasteiger partial charge in [-0.1, -0.05) is 0 Å². The number of benzene rings is 1. The number of hydrogen-bond donors (Lipinski definition) is 2. The van der Waals surface area contributed by atoms with Crippen LogP contribution in [0.1, 0.15) is 24.8 Å². The maximum Gasteiger partial charge on any atom is 0.305 e. The third kappa shape index (κ3) is 1.99. The molecular formula is C11H10FNO5. The topological polar surface area (TPSA) is 101 Å². The molecule has 0 heterocycles. The summed E-state index contributed by atoms with van der Waals surface area (Å²) in [7, 11) is 0. The van der Waals surface area contributed by atoms with Gasteiger partial charge in [-0.2, -0.15) is 4.39 Å². The van der Waals surface area contributed by atoms with Gasteiger partial charge in [-0.25, -0.2) is 0 Å². The van der Waals surface area contributed by atoms with Crippen molar-refractivity contribution in [1.82, 2.24) is 0 Å². The fraction of sp³-hybridized carbons (Fsp3) is 0.364. The van der Waals surface area contributed by atoms with Crippen LogP contribution in [0.15, 0.2) is 12.1 Å². The van der Waals surface area contributed by atoms with Gasteiger partial charge in [0.15, 0.2) is 0 Å². The fourth-order valence-corrected chi connectivity index (χ4v) is 2.10. The number of nitro benzene ring substituents is 1. The molecule has 1 aliphatic rings. The Labute approximate surface area is 101 Å². The Kier molecular flexibility index (Phi) is 2.68. The lowest BCUT2D eigenvalue weighted by Gasteiger charge is -2.14. The number of nitrogens with zero attached hydrogens (tertiary/aromatic N) is 1. The second kappa shape index (κ2) is 3.94. The number of aromatic hydroxyl groups is 1. The predicted octanol–water partition coefficient (Wildman–Crippen LogP) is 1.95. The van der Waals surface area contributed by atoms with Crippen LogP contribution in [0, 0.1) is 15.9 Å². The number of carboxylic acids is 1. The summed E-state index contributed by atoms with van der Waals surface area (Å²) in [5.41, 5.74) is -1.41. The van der Waals surface area contributed by atoms with E-state index >= 15 is 0 Å². The van der Waals surface area contributed by atoms with E-state index in [9.17, 15) is 24.4 Å². The van der Waals surface area contributed by atoms with Gasteiger partial charge in [-0.05, 0) is 12.8 Å². The van der Waals surface area contributed by atoms with Crippen LogP contribution in [-0.4, -0.2) is 21.1 Å². The highest BCUT2D eigenvalue weighted by Gasteiger charge is 2.48. The summed E-state index contributed by atoms with van der Waals surface area (Å²) in [6.07, 6.45) is 0.786. The molecule has 0 atom stereocenters. The highest BCUT2D eigenvalue weighted by atomic mass is 19.1. The van der Waals surface area contributed by atoms with E-state index in [1.54, 1.807) is 0 Å². The van der Waals surface area contributed by atoms with Crippen LogP contribution in [0.4, 0.5) is 10.1 Å². The van der Waals surface area contributed by atoms with Gasteiger partial charge in [0.1, 0.15) is 5.75 Å². The average molecular weight is 255 g/mol. The molecule has 0 radical (unpaired) electrons. The lowest BCUT2D eigenvalue weighted by molar-refractivity contribution is -0.387. The van der Waals surface area contributed by atoms with Gasteiger partial charge >= 0.3 is 11.7 Å². The summed E-state index contributed by atoms with van der Waals surface area (Å²) >= 11 is 0. The standard InChI is InChI=1S/C11H10FNO5/c12-7-4-9(14)6(3-8(7)13(17)18)11(1-2-11)5-10(15)16/h3-4,14H,1-2,5H2,(H,15,16). The minimum absolute atomic E-state index is 0.137. The van der Waals surface area contributed by atoms with Crippen molar-refractivity contribution >= 4 is 11.7 Å². The summed E-state index contributed by atoms with van der Waals surface area (Å²) in [5.74, 6) is -2.62. The van der Waals surface area contributed by atoms with Crippen molar-refractivity contribution in [2.45, 2.75) is 24.7 Å². The molecule has 7 heteroatoms. The number of phenolic OH excluding ortho intramolecular Hbond substituents is 1. The van der Waals surface area contributed by atoms with E-state index in [1.807, 2.05) is 0 Å². The SMILES string of the molecule is O=C(O)CC1(c2cc([N+](=O)[O-])c(F)cc2O)CC1. The molecule has 1 aromatic carbocycles. The zero-order valence-corrected chi connectivity index (χ0v) is 9.22. The molecule has 1 saturated carbocycles. The third-order valence-corrected chi connectivity index (χ3v) is 3.18. The molecule has 0 saturated heterocycles. The summed E-state index contributed by atoms with van der Waals surface area (Å²) in [6, 6.07) is 1.59. The van der Waals surface area contributed by atoms with E-state index < -0.39 is 33.6 Å². The third-order valence-electron chi connectivity index (χ3n) is 3.18. The Morgan fingerprint density at radius 2 is 2.11 bits per heavy atom. The second-order valence-corrected chi connectivity index (χ2v) is 4.43. The normalized spacial score (nSPS) is 16.3. The van der Waals surface area contributed by atoms with Crippen molar-refractivity contribution < 1.29 is 24.3 Å². The van der Waals surface area contributed by atoms with Crippen LogP contribution in [0.25, 0.3) is 0 Å². The molecule has 1 fully saturated rings. The molecule has 18 heavy (non-hydrogen) atoms. The second-order valence-electron chi connectivity index (χ2n) is 4.43. The molecule has 0 unspecified atom stereocenters. The van der Waals surface area contributed by atoms with Crippen LogP contribution in [-0.2, 0) is 10.2 Å². The van der Waals surface area contributed by atoms with Crippen LogP contribution < -0.4 is 0 Å². The number of aliphatic carboxylic acids is 1. The molecule has 1 aromatic rings. The molecule has 2 rings (SSSR count). The van der Waals surface area contributed by atoms with Crippen molar-refractivity contribution in [3.8, 4) is 5.75 Å². The number of halogens is 1. The van der Waals surface area contributed by atoms with E-state index in [4.69, 9.17) is 5.11 Å². The largest absolute Gasteiger partial charge is 0.508 e. The first-order chi connectivity index (χ1) is 8.35. The van der Waals surface area contributed by atoms with Gasteiger partial charge in [0.25, 0.3) is 0 Å². The molecule has 2 N–H and O–H groups in total. The molecule has 0 spiro atoms. The van der Waals surface area contributed by atoms with E-state index in [-0.39, 0.29) is 12.0 Å². The Balaban J connectivity index is 2.48. The summed E-state index contributed by atoms with van der Waals surface area (Å²) < 4.78 is 13.2. The zero-order chi connectivity index (χ0) is 13.5. The molecule has 0 aliphatic heterocycles. The van der Waals surface area contributed by atoms with E-state index in [2.05, 4.69) is 0 Å². The number of hydrogen-bond acceptors (Lipinski definition) is 4. The van der Waals surface area contributed by atoms with E-state index in [0.717, 1.165) is 6.07 Å². The Morgan fingerprint density at radius 3 is 2.56 bits per heavy atom. The average Bonchev–Trinajstić information content (AvgIpc) is 2.96. The first-order valence-electron chi connectivity index (χ1n) is 5.25. The molecule has 1 aliphatic carbocycles. The highest BCUT2D eigenvalue weighted by Crippen LogP contribution is 2.54. The minimum atomic E-state index is -1.13. The minimum Gasteiger partial charge on any atom is -0.508 e. The maximum absolute atomic E-state index is 13.2. The molecular weight excluding hydrogens is 245 g/mol. The fourth-order valence-electron chi connectivity index (χ4n) is 2.10. The van der Waals surface area contributed by atoms with Crippen molar-refractivity contribution in [1.29, 1.82) is 0 Å². The molecule has 0 amide bonds. The maximum atomic E-state index is 13.2. The van der Waals surface area contributed by atoms with E-state index in [0.29, 0.717) is 18.9 Å². The van der Waals surface area contributed by atoms with Crippen molar-refractivity contribution in [3.63, 3.8) is 0 Å². The molecule has 0 aromatic heterocycles. The molecule has 96 valence electrons. The van der Waals surface area contributed by atoms with Gasteiger partial charge in [-0.3, -0.25) is 14.9 Å². The number of carbonyl (C=O) groups is 1. The Morgan fingerprint density at radius 1 is 1.50 bits per heavy atom. The Bertz CT molecular complexity index is 538. The Hall–Kier alpha value is -2.18. The van der Waals surface area contributed by atoms with Crippen molar-refractivity contribution in [2.75, 3.05) is 0 Å². The lowest BCUT2D eigenvalue weighted by Crippen LogP contribution is -2.13. The lowest BCUT2D eigenvalue weighted by atomic mass is 9.91. The quantitative estimate of drug-likeness (QED) is 0.632. The van der Waals surface area contributed by atoms with Crippen LogP contribution >= 0.6 is 0 Å². The highest BCUT2D eigenvalue weighted by molar-refractivity contribution is 5.71. The van der Waals surface area contributed by atoms with Crippen LogP contribution in [0.5, 0.6) is 5.75 Å². The van der Waals surface area contributed by atoms with Crippen molar-refractivity contribution in [2.24, 2.45) is 0 Å². The first-order valence-corrected chi connectivity index (χ1v) is 5.25. The summed E-state index contributed by atoms with van der Waals surface area (Å²) in [6.45, 7) is 0. The van der Waals surface area contributed by atoms with Crippen LogP contribution in [0.2, 0.25) is 0 Å². The predicted molar refractivity (Wildman–Crippen MR) is 57.9 cm³/mol. The first kappa shape index (κ1) is 12.3.